The lowest BCUT2D eigenvalue weighted by atomic mass is 9.80. The molecule has 1 aliphatic rings. The first-order chi connectivity index (χ1) is 9.02. The number of hydrogen-bond donors (Lipinski definition) is 3. The molecule has 0 spiro atoms. The molecule has 1 fully saturated rings. The fraction of sp³-hybridized carbons (Fsp3) is 0.714. The fourth-order valence-corrected chi connectivity index (χ4v) is 2.95. The number of anilines is 1. The van der Waals surface area contributed by atoms with Crippen LogP contribution in [-0.2, 0) is 6.42 Å². The normalized spacial score (nSPS) is 27.2. The number of aromatic amines is 1. The first-order valence-corrected chi connectivity index (χ1v) is 7.16. The summed E-state index contributed by atoms with van der Waals surface area (Å²) >= 11 is 0. The zero-order chi connectivity index (χ0) is 14.0. The number of nitrogens with one attached hydrogen (secondary N) is 2. The van der Waals surface area contributed by atoms with E-state index in [0.717, 1.165) is 24.5 Å². The number of amides is 1. The van der Waals surface area contributed by atoms with E-state index in [-0.39, 0.29) is 11.9 Å². The van der Waals surface area contributed by atoms with Crippen LogP contribution < -0.4 is 11.1 Å². The van der Waals surface area contributed by atoms with E-state index in [4.69, 9.17) is 5.73 Å². The largest absolute Gasteiger partial charge is 0.395 e. The molecule has 2 rings (SSSR count). The number of nitrogen functional groups attached to an aromatic ring is 1. The fourth-order valence-electron chi connectivity index (χ4n) is 2.95. The van der Waals surface area contributed by atoms with E-state index in [0.29, 0.717) is 17.3 Å². The molecule has 0 bridgehead atoms. The van der Waals surface area contributed by atoms with Gasteiger partial charge in [-0.1, -0.05) is 20.8 Å². The SMILES string of the molecule is CCc1[nH]nc(C(=O)NC2CCC(C)CC2C)c1N. The molecule has 1 heterocycles. The maximum Gasteiger partial charge on any atom is 0.274 e. The first-order valence-electron chi connectivity index (χ1n) is 7.16. The molecule has 1 aliphatic carbocycles. The maximum absolute atomic E-state index is 12.2. The average Bonchev–Trinajstić information content (AvgIpc) is 2.74. The van der Waals surface area contributed by atoms with Crippen LogP contribution in [0.5, 0.6) is 0 Å². The van der Waals surface area contributed by atoms with Crippen LogP contribution >= 0.6 is 0 Å². The van der Waals surface area contributed by atoms with Gasteiger partial charge in [-0.05, 0) is 37.5 Å². The van der Waals surface area contributed by atoms with Crippen LogP contribution in [0.2, 0.25) is 0 Å². The Morgan fingerprint density at radius 3 is 2.79 bits per heavy atom. The van der Waals surface area contributed by atoms with E-state index in [1.165, 1.54) is 12.8 Å². The molecule has 0 saturated heterocycles. The van der Waals surface area contributed by atoms with Crippen molar-refractivity contribution in [3.63, 3.8) is 0 Å². The molecule has 4 N–H and O–H groups in total. The molecule has 5 heteroatoms. The molecule has 3 unspecified atom stereocenters. The third kappa shape index (κ3) is 2.91. The van der Waals surface area contributed by atoms with Crippen molar-refractivity contribution in [3.05, 3.63) is 11.4 Å². The van der Waals surface area contributed by atoms with Gasteiger partial charge in [0.2, 0.25) is 0 Å². The minimum atomic E-state index is -0.153. The van der Waals surface area contributed by atoms with Gasteiger partial charge < -0.3 is 11.1 Å². The van der Waals surface area contributed by atoms with Gasteiger partial charge in [0, 0.05) is 6.04 Å². The minimum Gasteiger partial charge on any atom is -0.395 e. The van der Waals surface area contributed by atoms with Crippen molar-refractivity contribution in [3.8, 4) is 0 Å². The van der Waals surface area contributed by atoms with Crippen LogP contribution in [0.25, 0.3) is 0 Å². The van der Waals surface area contributed by atoms with Crippen LogP contribution in [0.1, 0.15) is 56.2 Å². The van der Waals surface area contributed by atoms with Crippen LogP contribution in [0.15, 0.2) is 0 Å². The van der Waals surface area contributed by atoms with Gasteiger partial charge in [0.25, 0.3) is 5.91 Å². The molecular weight excluding hydrogens is 240 g/mol. The highest BCUT2D eigenvalue weighted by Gasteiger charge is 2.28. The summed E-state index contributed by atoms with van der Waals surface area (Å²) in [4.78, 5) is 12.2. The Hall–Kier alpha value is -1.52. The quantitative estimate of drug-likeness (QED) is 0.781. The van der Waals surface area contributed by atoms with Gasteiger partial charge >= 0.3 is 0 Å². The smallest absolute Gasteiger partial charge is 0.274 e. The summed E-state index contributed by atoms with van der Waals surface area (Å²) in [7, 11) is 0. The number of rotatable bonds is 3. The summed E-state index contributed by atoms with van der Waals surface area (Å²) in [5.41, 5.74) is 7.57. The van der Waals surface area contributed by atoms with E-state index >= 15 is 0 Å². The number of carbonyl (C=O) groups is 1. The first kappa shape index (κ1) is 13.9. The topological polar surface area (TPSA) is 83.8 Å². The summed E-state index contributed by atoms with van der Waals surface area (Å²) < 4.78 is 0. The number of carbonyl (C=O) groups excluding carboxylic acids is 1. The third-order valence-electron chi connectivity index (χ3n) is 4.20. The third-order valence-corrected chi connectivity index (χ3v) is 4.20. The van der Waals surface area contributed by atoms with Gasteiger partial charge in [-0.2, -0.15) is 5.10 Å². The van der Waals surface area contributed by atoms with Gasteiger partial charge in [-0.25, -0.2) is 0 Å². The standard InChI is InChI=1S/C14H24N4O/c1-4-10-12(15)13(18-17-10)14(19)16-11-6-5-8(2)7-9(11)3/h8-9,11H,4-7,15H2,1-3H3,(H,16,19)(H,17,18). The van der Waals surface area contributed by atoms with Crippen LogP contribution in [0, 0.1) is 11.8 Å². The van der Waals surface area contributed by atoms with Crippen molar-refractivity contribution >= 4 is 11.6 Å². The molecule has 19 heavy (non-hydrogen) atoms. The summed E-state index contributed by atoms with van der Waals surface area (Å²) in [5.74, 6) is 1.11. The Bertz CT molecular complexity index is 454. The molecule has 0 aromatic carbocycles. The molecule has 1 amide bonds. The zero-order valence-corrected chi connectivity index (χ0v) is 12.0. The highest BCUT2D eigenvalue weighted by molar-refractivity contribution is 5.97. The Labute approximate surface area is 114 Å². The van der Waals surface area contributed by atoms with Crippen LogP contribution in [0.3, 0.4) is 0 Å². The number of nitrogens with zero attached hydrogens (tertiary/aromatic N) is 1. The molecule has 1 aromatic heterocycles. The molecule has 0 radical (unpaired) electrons. The van der Waals surface area contributed by atoms with E-state index in [9.17, 15) is 4.79 Å². The highest BCUT2D eigenvalue weighted by atomic mass is 16.2. The molecular formula is C14H24N4O. The number of nitrogens with two attached hydrogens (primary N) is 1. The van der Waals surface area contributed by atoms with Crippen molar-refractivity contribution in [2.75, 3.05) is 5.73 Å². The van der Waals surface area contributed by atoms with Crippen molar-refractivity contribution in [1.82, 2.24) is 15.5 Å². The number of H-pyrrole nitrogens is 1. The number of aromatic nitrogens is 2. The zero-order valence-electron chi connectivity index (χ0n) is 12.0. The Morgan fingerprint density at radius 2 is 2.21 bits per heavy atom. The lowest BCUT2D eigenvalue weighted by Gasteiger charge is -2.32. The molecule has 106 valence electrons. The van der Waals surface area contributed by atoms with Gasteiger partial charge in [-0.15, -0.1) is 0 Å². The average molecular weight is 264 g/mol. The molecule has 5 nitrogen and oxygen atoms in total. The van der Waals surface area contributed by atoms with Crippen molar-refractivity contribution in [2.45, 2.75) is 52.5 Å². The van der Waals surface area contributed by atoms with Crippen molar-refractivity contribution < 1.29 is 4.79 Å². The predicted octanol–water partition coefficient (Wildman–Crippen LogP) is 2.11. The van der Waals surface area contributed by atoms with Crippen molar-refractivity contribution in [1.29, 1.82) is 0 Å². The molecule has 3 atom stereocenters. The van der Waals surface area contributed by atoms with Crippen molar-refractivity contribution in [2.24, 2.45) is 11.8 Å². The molecule has 1 saturated carbocycles. The van der Waals surface area contributed by atoms with Gasteiger partial charge in [0.05, 0.1) is 11.4 Å². The summed E-state index contributed by atoms with van der Waals surface area (Å²) in [6, 6.07) is 0.241. The van der Waals surface area contributed by atoms with E-state index in [1.54, 1.807) is 0 Å². The highest BCUT2D eigenvalue weighted by Crippen LogP contribution is 2.29. The lowest BCUT2D eigenvalue weighted by Crippen LogP contribution is -2.42. The molecule has 1 aromatic rings. The Morgan fingerprint density at radius 1 is 1.47 bits per heavy atom. The minimum absolute atomic E-state index is 0.153. The second-order valence-corrected chi connectivity index (χ2v) is 5.79. The summed E-state index contributed by atoms with van der Waals surface area (Å²) in [6.07, 6.45) is 4.13. The van der Waals surface area contributed by atoms with Crippen LogP contribution in [-0.4, -0.2) is 22.1 Å². The Kier molecular flexibility index (Phi) is 4.12. The van der Waals surface area contributed by atoms with E-state index in [1.807, 2.05) is 6.92 Å². The summed E-state index contributed by atoms with van der Waals surface area (Å²) in [5, 5.41) is 9.94. The van der Waals surface area contributed by atoms with Gasteiger partial charge in [0.1, 0.15) is 0 Å². The Balaban J connectivity index is 2.02. The number of hydrogen-bond acceptors (Lipinski definition) is 3. The summed E-state index contributed by atoms with van der Waals surface area (Å²) in [6.45, 7) is 6.45. The predicted molar refractivity (Wildman–Crippen MR) is 75.8 cm³/mol. The molecule has 0 aliphatic heterocycles. The van der Waals surface area contributed by atoms with Gasteiger partial charge in [-0.3, -0.25) is 9.89 Å². The van der Waals surface area contributed by atoms with Crippen LogP contribution in [0.4, 0.5) is 5.69 Å². The number of aryl methyl sites for hydroxylation is 1. The maximum atomic E-state index is 12.2. The second-order valence-electron chi connectivity index (χ2n) is 5.79. The second kappa shape index (κ2) is 5.63. The van der Waals surface area contributed by atoms with Gasteiger partial charge in [0.15, 0.2) is 5.69 Å². The lowest BCUT2D eigenvalue weighted by molar-refractivity contribution is 0.0895. The van der Waals surface area contributed by atoms with E-state index in [2.05, 4.69) is 29.4 Å². The monoisotopic (exact) mass is 264 g/mol. The van der Waals surface area contributed by atoms with E-state index < -0.39 is 0 Å².